The average molecular weight is 258 g/mol. The lowest BCUT2D eigenvalue weighted by atomic mass is 10.1. The van der Waals surface area contributed by atoms with Crippen LogP contribution in [-0.2, 0) is 11.2 Å². The van der Waals surface area contributed by atoms with Gasteiger partial charge in [-0.25, -0.2) is 0 Å². The van der Waals surface area contributed by atoms with Crippen molar-refractivity contribution >= 4 is 16.8 Å². The van der Waals surface area contributed by atoms with Crippen LogP contribution < -0.4 is 5.32 Å². The number of aromatic nitrogens is 1. The first-order valence-electron chi connectivity index (χ1n) is 7.05. The molecule has 102 valence electrons. The first kappa shape index (κ1) is 13.7. The van der Waals surface area contributed by atoms with E-state index in [-0.39, 0.29) is 11.8 Å². The maximum Gasteiger partial charge on any atom is 0.222 e. The van der Waals surface area contributed by atoms with Crippen LogP contribution in [0.1, 0.15) is 32.3 Å². The van der Waals surface area contributed by atoms with Crippen molar-refractivity contribution in [2.45, 2.75) is 33.1 Å². The van der Waals surface area contributed by atoms with E-state index in [1.54, 1.807) is 0 Å². The van der Waals surface area contributed by atoms with Crippen LogP contribution in [0.15, 0.2) is 30.5 Å². The Morgan fingerprint density at radius 1 is 1.37 bits per heavy atom. The van der Waals surface area contributed by atoms with Crippen molar-refractivity contribution in [3.05, 3.63) is 36.0 Å². The standard InChI is InChI=1S/C16H22N2O/c1-3-6-12(2)16(19)17-10-9-13-11-18-15-8-5-4-7-14(13)15/h4-5,7-8,11-12,18H,3,6,9-10H2,1-2H3,(H,17,19). The maximum atomic E-state index is 11.8. The van der Waals surface area contributed by atoms with Crippen molar-refractivity contribution in [3.63, 3.8) is 0 Å². The third-order valence-electron chi connectivity index (χ3n) is 3.54. The monoisotopic (exact) mass is 258 g/mol. The van der Waals surface area contributed by atoms with Crippen molar-refractivity contribution in [1.29, 1.82) is 0 Å². The van der Waals surface area contributed by atoms with Gasteiger partial charge in [0.2, 0.25) is 5.91 Å². The van der Waals surface area contributed by atoms with Crippen molar-refractivity contribution in [2.75, 3.05) is 6.54 Å². The zero-order valence-electron chi connectivity index (χ0n) is 11.7. The van der Waals surface area contributed by atoms with Gasteiger partial charge in [0.15, 0.2) is 0 Å². The van der Waals surface area contributed by atoms with Crippen LogP contribution >= 0.6 is 0 Å². The fourth-order valence-corrected chi connectivity index (χ4v) is 2.40. The molecule has 0 bridgehead atoms. The molecule has 2 aromatic rings. The number of hydrogen-bond donors (Lipinski definition) is 2. The molecular formula is C16H22N2O. The Morgan fingerprint density at radius 3 is 2.95 bits per heavy atom. The van der Waals surface area contributed by atoms with E-state index < -0.39 is 0 Å². The molecule has 1 aromatic carbocycles. The second kappa shape index (κ2) is 6.41. The van der Waals surface area contributed by atoms with E-state index in [0.717, 1.165) is 24.8 Å². The Hall–Kier alpha value is -1.77. The Balaban J connectivity index is 1.87. The summed E-state index contributed by atoms with van der Waals surface area (Å²) in [7, 11) is 0. The predicted octanol–water partition coefficient (Wildman–Crippen LogP) is 3.26. The highest BCUT2D eigenvalue weighted by molar-refractivity contribution is 5.83. The second-order valence-corrected chi connectivity index (χ2v) is 5.09. The van der Waals surface area contributed by atoms with Gasteiger partial charge in [0.1, 0.15) is 0 Å². The smallest absolute Gasteiger partial charge is 0.222 e. The van der Waals surface area contributed by atoms with Gasteiger partial charge in [-0.2, -0.15) is 0 Å². The molecule has 1 unspecified atom stereocenters. The van der Waals surface area contributed by atoms with Gasteiger partial charge >= 0.3 is 0 Å². The summed E-state index contributed by atoms with van der Waals surface area (Å²) < 4.78 is 0. The first-order valence-corrected chi connectivity index (χ1v) is 7.05. The van der Waals surface area contributed by atoms with Crippen molar-refractivity contribution < 1.29 is 4.79 Å². The van der Waals surface area contributed by atoms with E-state index in [4.69, 9.17) is 0 Å². The number of amides is 1. The largest absolute Gasteiger partial charge is 0.361 e. The highest BCUT2D eigenvalue weighted by atomic mass is 16.1. The number of carbonyl (C=O) groups is 1. The van der Waals surface area contributed by atoms with Crippen LogP contribution in [0, 0.1) is 5.92 Å². The first-order chi connectivity index (χ1) is 9.22. The molecular weight excluding hydrogens is 236 g/mol. The molecule has 0 aliphatic rings. The van der Waals surface area contributed by atoms with E-state index in [1.165, 1.54) is 10.9 Å². The average Bonchev–Trinajstić information content (AvgIpc) is 2.82. The highest BCUT2D eigenvalue weighted by Gasteiger charge is 2.11. The third-order valence-corrected chi connectivity index (χ3v) is 3.54. The normalized spacial score (nSPS) is 12.5. The van der Waals surface area contributed by atoms with Gasteiger partial charge in [-0.1, -0.05) is 38.5 Å². The molecule has 1 aromatic heterocycles. The topological polar surface area (TPSA) is 44.9 Å². The fraction of sp³-hybridized carbons (Fsp3) is 0.438. The predicted molar refractivity (Wildman–Crippen MR) is 79.1 cm³/mol. The van der Waals surface area contributed by atoms with Crippen molar-refractivity contribution in [2.24, 2.45) is 5.92 Å². The molecule has 0 saturated carbocycles. The van der Waals surface area contributed by atoms with Crippen molar-refractivity contribution in [1.82, 2.24) is 10.3 Å². The molecule has 0 radical (unpaired) electrons. The van der Waals surface area contributed by atoms with E-state index in [0.29, 0.717) is 6.54 Å². The van der Waals surface area contributed by atoms with Crippen LogP contribution in [0.3, 0.4) is 0 Å². The minimum atomic E-state index is 0.118. The molecule has 1 atom stereocenters. The summed E-state index contributed by atoms with van der Waals surface area (Å²) in [6.07, 6.45) is 4.91. The number of carbonyl (C=O) groups excluding carboxylic acids is 1. The highest BCUT2D eigenvalue weighted by Crippen LogP contribution is 2.17. The van der Waals surface area contributed by atoms with E-state index in [9.17, 15) is 4.79 Å². The molecule has 1 amide bonds. The molecule has 0 fully saturated rings. The van der Waals surface area contributed by atoms with E-state index >= 15 is 0 Å². The number of rotatable bonds is 6. The number of fused-ring (bicyclic) bond motifs is 1. The molecule has 0 spiro atoms. The summed E-state index contributed by atoms with van der Waals surface area (Å²) in [5, 5.41) is 4.27. The number of hydrogen-bond acceptors (Lipinski definition) is 1. The van der Waals surface area contributed by atoms with Gasteiger partial charge in [-0.3, -0.25) is 4.79 Å². The number of H-pyrrole nitrogens is 1. The Bertz CT molecular complexity index is 544. The Kier molecular flexibility index (Phi) is 4.61. The van der Waals surface area contributed by atoms with Crippen LogP contribution in [0.25, 0.3) is 10.9 Å². The minimum absolute atomic E-state index is 0.118. The molecule has 1 heterocycles. The summed E-state index contributed by atoms with van der Waals surface area (Å²) in [4.78, 5) is 15.1. The van der Waals surface area contributed by atoms with Crippen LogP contribution in [0.4, 0.5) is 0 Å². The molecule has 2 rings (SSSR count). The maximum absolute atomic E-state index is 11.8. The molecule has 19 heavy (non-hydrogen) atoms. The van der Waals surface area contributed by atoms with Gasteiger partial charge in [0.25, 0.3) is 0 Å². The molecule has 3 nitrogen and oxygen atoms in total. The summed E-state index contributed by atoms with van der Waals surface area (Å²) in [6, 6.07) is 8.25. The number of para-hydroxylation sites is 1. The quantitative estimate of drug-likeness (QED) is 0.820. The number of aromatic amines is 1. The summed E-state index contributed by atoms with van der Waals surface area (Å²) in [5.74, 6) is 0.287. The van der Waals surface area contributed by atoms with Gasteiger partial charge in [-0.15, -0.1) is 0 Å². The number of nitrogens with one attached hydrogen (secondary N) is 2. The molecule has 0 aliphatic heterocycles. The van der Waals surface area contributed by atoms with Crippen LogP contribution in [0.2, 0.25) is 0 Å². The fourth-order valence-electron chi connectivity index (χ4n) is 2.40. The lowest BCUT2D eigenvalue weighted by Gasteiger charge is -2.10. The lowest BCUT2D eigenvalue weighted by molar-refractivity contribution is -0.124. The minimum Gasteiger partial charge on any atom is -0.361 e. The summed E-state index contributed by atoms with van der Waals surface area (Å²) in [5.41, 5.74) is 2.42. The summed E-state index contributed by atoms with van der Waals surface area (Å²) in [6.45, 7) is 4.80. The van der Waals surface area contributed by atoms with Gasteiger partial charge in [0, 0.05) is 29.6 Å². The molecule has 0 saturated heterocycles. The number of benzene rings is 1. The second-order valence-electron chi connectivity index (χ2n) is 5.09. The van der Waals surface area contributed by atoms with E-state index in [1.807, 2.05) is 25.3 Å². The van der Waals surface area contributed by atoms with Crippen LogP contribution in [0.5, 0.6) is 0 Å². The lowest BCUT2D eigenvalue weighted by Crippen LogP contribution is -2.30. The zero-order valence-corrected chi connectivity index (χ0v) is 11.7. The van der Waals surface area contributed by atoms with Crippen molar-refractivity contribution in [3.8, 4) is 0 Å². The Morgan fingerprint density at radius 2 is 2.16 bits per heavy atom. The third kappa shape index (κ3) is 3.37. The van der Waals surface area contributed by atoms with Gasteiger partial charge < -0.3 is 10.3 Å². The molecule has 2 N–H and O–H groups in total. The van der Waals surface area contributed by atoms with E-state index in [2.05, 4.69) is 29.4 Å². The Labute approximate surface area is 114 Å². The van der Waals surface area contributed by atoms with Gasteiger partial charge in [-0.05, 0) is 24.5 Å². The zero-order chi connectivity index (χ0) is 13.7. The molecule has 0 aliphatic carbocycles. The molecule has 3 heteroatoms. The van der Waals surface area contributed by atoms with Gasteiger partial charge in [0.05, 0.1) is 0 Å². The SMILES string of the molecule is CCCC(C)C(=O)NCCc1c[nH]c2ccccc12. The summed E-state index contributed by atoms with van der Waals surface area (Å²) >= 11 is 0. The van der Waals surface area contributed by atoms with Crippen LogP contribution in [-0.4, -0.2) is 17.4 Å².